The van der Waals surface area contributed by atoms with E-state index in [1.54, 1.807) is 0 Å². The smallest absolute Gasteiger partial charge is 0.101 e. The molecule has 2 rings (SSSR count). The van der Waals surface area contributed by atoms with Crippen LogP contribution in [0.2, 0.25) is 0 Å². The lowest BCUT2D eigenvalue weighted by Crippen LogP contribution is -2.29. The third kappa shape index (κ3) is 2.53. The van der Waals surface area contributed by atoms with Gasteiger partial charge in [0.15, 0.2) is 0 Å². The van der Waals surface area contributed by atoms with E-state index in [1.807, 2.05) is 25.1 Å². The number of nitrogens with one attached hydrogen (secondary N) is 2. The molecule has 3 heteroatoms. The van der Waals surface area contributed by atoms with Crippen molar-refractivity contribution in [2.24, 2.45) is 0 Å². The maximum Gasteiger partial charge on any atom is 0.101 e. The average molecular weight is 215 g/mol. The fourth-order valence-corrected chi connectivity index (χ4v) is 2.07. The number of rotatable bonds is 3. The monoisotopic (exact) mass is 215 g/mol. The zero-order chi connectivity index (χ0) is 11.4. The molecule has 3 nitrogen and oxygen atoms in total. The molecule has 0 bridgehead atoms. The van der Waals surface area contributed by atoms with Crippen LogP contribution in [0.25, 0.3) is 0 Å². The molecule has 0 saturated carbocycles. The first-order valence-electron chi connectivity index (χ1n) is 5.77. The predicted octanol–water partition coefficient (Wildman–Crippen LogP) is 2.03. The second-order valence-corrected chi connectivity index (χ2v) is 4.34. The number of aryl methyl sites for hydroxylation is 1. The number of nitrogens with zero attached hydrogens (tertiary/aromatic N) is 1. The number of hydrogen-bond acceptors (Lipinski definition) is 3. The molecule has 0 aromatic heterocycles. The Morgan fingerprint density at radius 2 is 2.44 bits per heavy atom. The van der Waals surface area contributed by atoms with Gasteiger partial charge in [0.1, 0.15) is 6.07 Å². The Hall–Kier alpha value is -1.53. The fraction of sp³-hybridized carbons (Fsp3) is 0.462. The molecular formula is C13H17N3. The number of benzene rings is 1. The van der Waals surface area contributed by atoms with Crippen molar-refractivity contribution in [3.05, 3.63) is 29.3 Å². The summed E-state index contributed by atoms with van der Waals surface area (Å²) in [5, 5.41) is 15.8. The Bertz CT molecular complexity index is 400. The van der Waals surface area contributed by atoms with Crippen molar-refractivity contribution in [3.63, 3.8) is 0 Å². The SMILES string of the molecule is Cc1ccc(NCC2CCCN2)c(C#N)c1. The zero-order valence-corrected chi connectivity index (χ0v) is 9.59. The maximum absolute atomic E-state index is 9.03. The molecule has 0 amide bonds. The van der Waals surface area contributed by atoms with Crippen molar-refractivity contribution in [3.8, 4) is 6.07 Å². The third-order valence-corrected chi connectivity index (χ3v) is 3.00. The highest BCUT2D eigenvalue weighted by Crippen LogP contribution is 2.17. The van der Waals surface area contributed by atoms with E-state index in [1.165, 1.54) is 12.8 Å². The molecule has 1 aromatic carbocycles. The summed E-state index contributed by atoms with van der Waals surface area (Å²) in [4.78, 5) is 0. The summed E-state index contributed by atoms with van der Waals surface area (Å²) in [5.74, 6) is 0. The van der Waals surface area contributed by atoms with E-state index in [-0.39, 0.29) is 0 Å². The highest BCUT2D eigenvalue weighted by atomic mass is 15.0. The molecule has 1 saturated heterocycles. The second kappa shape index (κ2) is 5.00. The Morgan fingerprint density at radius 1 is 1.56 bits per heavy atom. The molecule has 0 spiro atoms. The van der Waals surface area contributed by atoms with E-state index in [0.29, 0.717) is 6.04 Å². The van der Waals surface area contributed by atoms with Crippen LogP contribution in [0.3, 0.4) is 0 Å². The minimum atomic E-state index is 0.549. The predicted molar refractivity (Wildman–Crippen MR) is 65.4 cm³/mol. The normalized spacial score (nSPS) is 19.4. The van der Waals surface area contributed by atoms with E-state index < -0.39 is 0 Å². The lowest BCUT2D eigenvalue weighted by Gasteiger charge is -2.13. The van der Waals surface area contributed by atoms with Gasteiger partial charge in [0.25, 0.3) is 0 Å². The minimum absolute atomic E-state index is 0.549. The lowest BCUT2D eigenvalue weighted by molar-refractivity contribution is 0.633. The van der Waals surface area contributed by atoms with Crippen molar-refractivity contribution < 1.29 is 0 Å². The van der Waals surface area contributed by atoms with Crippen LogP contribution in [0.1, 0.15) is 24.0 Å². The maximum atomic E-state index is 9.03. The van der Waals surface area contributed by atoms with E-state index in [2.05, 4.69) is 16.7 Å². The van der Waals surface area contributed by atoms with Crippen molar-refractivity contribution in [1.82, 2.24) is 5.32 Å². The summed E-state index contributed by atoms with van der Waals surface area (Å²) in [6.45, 7) is 4.02. The zero-order valence-electron chi connectivity index (χ0n) is 9.59. The summed E-state index contributed by atoms with van der Waals surface area (Å²) in [7, 11) is 0. The molecule has 0 aliphatic carbocycles. The second-order valence-electron chi connectivity index (χ2n) is 4.34. The van der Waals surface area contributed by atoms with Crippen LogP contribution in [-0.4, -0.2) is 19.1 Å². The van der Waals surface area contributed by atoms with Crippen molar-refractivity contribution in [1.29, 1.82) is 5.26 Å². The summed E-state index contributed by atoms with van der Waals surface area (Å²) in [6.07, 6.45) is 2.48. The van der Waals surface area contributed by atoms with Gasteiger partial charge in [-0.15, -0.1) is 0 Å². The van der Waals surface area contributed by atoms with Gasteiger partial charge in [-0.2, -0.15) is 5.26 Å². The van der Waals surface area contributed by atoms with Crippen molar-refractivity contribution in [2.45, 2.75) is 25.8 Å². The summed E-state index contributed by atoms with van der Waals surface area (Å²) in [5.41, 5.74) is 2.81. The Labute approximate surface area is 96.5 Å². The molecule has 1 fully saturated rings. The van der Waals surface area contributed by atoms with Crippen LogP contribution in [-0.2, 0) is 0 Å². The molecule has 16 heavy (non-hydrogen) atoms. The standard InChI is InChI=1S/C13H17N3/c1-10-4-5-13(11(7-10)8-14)16-9-12-3-2-6-15-12/h4-5,7,12,15-16H,2-3,6,9H2,1H3. The molecule has 1 unspecified atom stereocenters. The Balaban J connectivity index is 2.00. The quantitative estimate of drug-likeness (QED) is 0.811. The molecule has 1 aliphatic rings. The Kier molecular flexibility index (Phi) is 3.43. The van der Waals surface area contributed by atoms with Crippen LogP contribution in [0.5, 0.6) is 0 Å². The van der Waals surface area contributed by atoms with Gasteiger partial charge in [-0.25, -0.2) is 0 Å². The first-order valence-corrected chi connectivity index (χ1v) is 5.77. The van der Waals surface area contributed by atoms with Crippen LogP contribution in [0.4, 0.5) is 5.69 Å². The molecule has 1 atom stereocenters. The molecule has 2 N–H and O–H groups in total. The fourth-order valence-electron chi connectivity index (χ4n) is 2.07. The van der Waals surface area contributed by atoms with Crippen LogP contribution >= 0.6 is 0 Å². The molecule has 1 aliphatic heterocycles. The topological polar surface area (TPSA) is 47.8 Å². The van der Waals surface area contributed by atoms with Gasteiger partial charge in [0.05, 0.1) is 11.3 Å². The highest BCUT2D eigenvalue weighted by molar-refractivity contribution is 5.58. The van der Waals surface area contributed by atoms with Crippen LogP contribution in [0.15, 0.2) is 18.2 Å². The first kappa shape index (κ1) is 11.0. The Morgan fingerprint density at radius 3 is 3.12 bits per heavy atom. The van der Waals surface area contributed by atoms with Gasteiger partial charge < -0.3 is 10.6 Å². The van der Waals surface area contributed by atoms with E-state index in [0.717, 1.165) is 29.9 Å². The van der Waals surface area contributed by atoms with Crippen molar-refractivity contribution in [2.75, 3.05) is 18.4 Å². The van der Waals surface area contributed by atoms with Crippen LogP contribution in [0, 0.1) is 18.3 Å². The van der Waals surface area contributed by atoms with Gasteiger partial charge in [-0.3, -0.25) is 0 Å². The van der Waals surface area contributed by atoms with Gasteiger partial charge >= 0.3 is 0 Å². The summed E-state index contributed by atoms with van der Waals surface area (Å²) >= 11 is 0. The van der Waals surface area contributed by atoms with Gasteiger partial charge in [-0.1, -0.05) is 6.07 Å². The lowest BCUT2D eigenvalue weighted by atomic mass is 10.1. The number of nitriles is 1. The average Bonchev–Trinajstić information content (AvgIpc) is 2.80. The molecule has 1 aromatic rings. The largest absolute Gasteiger partial charge is 0.382 e. The number of hydrogen-bond donors (Lipinski definition) is 2. The van der Waals surface area contributed by atoms with E-state index in [9.17, 15) is 0 Å². The first-order chi connectivity index (χ1) is 7.79. The summed E-state index contributed by atoms with van der Waals surface area (Å²) in [6, 6.07) is 8.72. The molecule has 0 radical (unpaired) electrons. The van der Waals surface area contributed by atoms with E-state index in [4.69, 9.17) is 5.26 Å². The molecule has 84 valence electrons. The van der Waals surface area contributed by atoms with Gasteiger partial charge in [-0.05, 0) is 44.0 Å². The molecular weight excluding hydrogens is 198 g/mol. The third-order valence-electron chi connectivity index (χ3n) is 3.00. The van der Waals surface area contributed by atoms with E-state index >= 15 is 0 Å². The summed E-state index contributed by atoms with van der Waals surface area (Å²) < 4.78 is 0. The van der Waals surface area contributed by atoms with Gasteiger partial charge in [0, 0.05) is 12.6 Å². The molecule has 1 heterocycles. The highest BCUT2D eigenvalue weighted by Gasteiger charge is 2.13. The number of anilines is 1. The van der Waals surface area contributed by atoms with Crippen molar-refractivity contribution >= 4 is 5.69 Å². The van der Waals surface area contributed by atoms with Crippen LogP contribution < -0.4 is 10.6 Å². The van der Waals surface area contributed by atoms with Gasteiger partial charge in [0.2, 0.25) is 0 Å². The minimum Gasteiger partial charge on any atom is -0.382 e.